The predicted octanol–water partition coefficient (Wildman–Crippen LogP) is 2.23. The van der Waals surface area contributed by atoms with Crippen molar-refractivity contribution in [1.29, 1.82) is 0 Å². The molecule has 4 heteroatoms. The highest BCUT2D eigenvalue weighted by atomic mass is 16.5. The van der Waals surface area contributed by atoms with E-state index < -0.39 is 0 Å². The first kappa shape index (κ1) is 11.7. The Morgan fingerprint density at radius 3 is 2.94 bits per heavy atom. The average molecular weight is 232 g/mol. The highest BCUT2D eigenvalue weighted by molar-refractivity contribution is 5.93. The molecule has 1 heterocycles. The summed E-state index contributed by atoms with van der Waals surface area (Å²) in [5, 5.41) is 0.934. The molecular formula is C13H16N2O2. The minimum Gasteiger partial charge on any atom is -0.490 e. The first-order valence-electron chi connectivity index (χ1n) is 5.66. The minimum absolute atomic E-state index is 0.530. The number of nitrogens with two attached hydrogens (primary N) is 1. The molecule has 2 rings (SSSR count). The van der Waals surface area contributed by atoms with Crippen molar-refractivity contribution in [1.82, 2.24) is 4.98 Å². The number of hydrogen-bond donors (Lipinski definition) is 1. The number of nitrogen functional groups attached to an aromatic ring is 1. The Labute approximate surface area is 100 Å². The second-order valence-electron chi connectivity index (χ2n) is 3.60. The molecule has 1 aromatic heterocycles. The maximum Gasteiger partial charge on any atom is 0.128 e. The number of benzene rings is 1. The van der Waals surface area contributed by atoms with Crippen molar-refractivity contribution < 1.29 is 9.47 Å². The topological polar surface area (TPSA) is 57.4 Å². The van der Waals surface area contributed by atoms with Crippen LogP contribution in [-0.2, 0) is 4.74 Å². The van der Waals surface area contributed by atoms with Gasteiger partial charge in [0.05, 0.1) is 17.8 Å². The van der Waals surface area contributed by atoms with Gasteiger partial charge in [-0.1, -0.05) is 0 Å². The maximum atomic E-state index is 5.86. The van der Waals surface area contributed by atoms with Crippen LogP contribution in [0.5, 0.6) is 5.75 Å². The predicted molar refractivity (Wildman–Crippen MR) is 68.1 cm³/mol. The number of anilines is 1. The fraction of sp³-hybridized carbons (Fsp3) is 0.308. The molecule has 0 unspecified atom stereocenters. The van der Waals surface area contributed by atoms with Crippen molar-refractivity contribution in [2.45, 2.75) is 6.92 Å². The van der Waals surface area contributed by atoms with Crippen LogP contribution in [0.4, 0.5) is 5.69 Å². The van der Waals surface area contributed by atoms with E-state index in [0.29, 0.717) is 25.5 Å². The molecule has 0 aliphatic heterocycles. The quantitative estimate of drug-likeness (QED) is 0.634. The van der Waals surface area contributed by atoms with Gasteiger partial charge < -0.3 is 15.2 Å². The van der Waals surface area contributed by atoms with Gasteiger partial charge in [-0.3, -0.25) is 4.98 Å². The van der Waals surface area contributed by atoms with Gasteiger partial charge in [-0.05, 0) is 31.2 Å². The molecule has 0 bridgehead atoms. The summed E-state index contributed by atoms with van der Waals surface area (Å²) in [6, 6.07) is 7.50. The van der Waals surface area contributed by atoms with Gasteiger partial charge in [0.2, 0.25) is 0 Å². The normalized spacial score (nSPS) is 10.6. The third-order valence-corrected chi connectivity index (χ3v) is 2.45. The largest absolute Gasteiger partial charge is 0.490 e. The molecule has 17 heavy (non-hydrogen) atoms. The smallest absolute Gasteiger partial charge is 0.128 e. The second kappa shape index (κ2) is 5.50. The van der Waals surface area contributed by atoms with Gasteiger partial charge in [0.15, 0.2) is 0 Å². The Kier molecular flexibility index (Phi) is 3.77. The highest BCUT2D eigenvalue weighted by Gasteiger charge is 2.05. The molecule has 0 saturated heterocycles. The number of ether oxygens (including phenoxy) is 2. The monoisotopic (exact) mass is 232 g/mol. The fourth-order valence-corrected chi connectivity index (χ4v) is 1.65. The van der Waals surface area contributed by atoms with Crippen LogP contribution in [0, 0.1) is 0 Å². The Hall–Kier alpha value is -1.81. The molecule has 0 fully saturated rings. The van der Waals surface area contributed by atoms with Gasteiger partial charge in [0.25, 0.3) is 0 Å². The number of nitrogens with zero attached hydrogens (tertiary/aromatic N) is 1. The summed E-state index contributed by atoms with van der Waals surface area (Å²) >= 11 is 0. The van der Waals surface area contributed by atoms with Crippen LogP contribution in [0.2, 0.25) is 0 Å². The van der Waals surface area contributed by atoms with Gasteiger partial charge in [-0.25, -0.2) is 0 Å². The van der Waals surface area contributed by atoms with Crippen LogP contribution < -0.4 is 10.5 Å². The van der Waals surface area contributed by atoms with Crippen LogP contribution in [0.25, 0.3) is 10.9 Å². The molecule has 0 aliphatic rings. The molecule has 0 saturated carbocycles. The lowest BCUT2D eigenvalue weighted by Crippen LogP contribution is -2.06. The summed E-state index contributed by atoms with van der Waals surface area (Å²) in [7, 11) is 0. The third kappa shape index (κ3) is 2.65. The zero-order chi connectivity index (χ0) is 12.1. The van der Waals surface area contributed by atoms with Gasteiger partial charge in [-0.15, -0.1) is 0 Å². The summed E-state index contributed by atoms with van der Waals surface area (Å²) in [6.07, 6.45) is 1.72. The first-order valence-corrected chi connectivity index (χ1v) is 5.66. The van der Waals surface area contributed by atoms with E-state index in [4.69, 9.17) is 15.2 Å². The van der Waals surface area contributed by atoms with Crippen LogP contribution in [0.15, 0.2) is 30.5 Å². The molecule has 0 spiro atoms. The van der Waals surface area contributed by atoms with E-state index >= 15 is 0 Å². The zero-order valence-corrected chi connectivity index (χ0v) is 9.85. The average Bonchev–Trinajstić information content (AvgIpc) is 2.37. The lowest BCUT2D eigenvalue weighted by molar-refractivity contribution is 0.111. The van der Waals surface area contributed by atoms with E-state index in [1.807, 2.05) is 31.2 Å². The van der Waals surface area contributed by atoms with Crippen LogP contribution in [0.3, 0.4) is 0 Å². The van der Waals surface area contributed by atoms with Crippen molar-refractivity contribution in [3.05, 3.63) is 30.5 Å². The van der Waals surface area contributed by atoms with Gasteiger partial charge >= 0.3 is 0 Å². The summed E-state index contributed by atoms with van der Waals surface area (Å²) in [5.74, 6) is 0.794. The molecule has 0 amide bonds. The molecule has 2 N–H and O–H groups in total. The number of hydrogen-bond acceptors (Lipinski definition) is 4. The Balaban J connectivity index is 2.20. The number of pyridine rings is 1. The lowest BCUT2D eigenvalue weighted by atomic mass is 10.2. The summed E-state index contributed by atoms with van der Waals surface area (Å²) in [6.45, 7) is 3.78. The second-order valence-corrected chi connectivity index (χ2v) is 3.60. The van der Waals surface area contributed by atoms with Crippen molar-refractivity contribution in [2.75, 3.05) is 25.6 Å². The highest BCUT2D eigenvalue weighted by Crippen LogP contribution is 2.28. The first-order chi connectivity index (χ1) is 8.33. The summed E-state index contributed by atoms with van der Waals surface area (Å²) in [5.41, 5.74) is 7.30. The number of rotatable bonds is 5. The van der Waals surface area contributed by atoms with E-state index in [2.05, 4.69) is 4.98 Å². The maximum absolute atomic E-state index is 5.86. The number of aromatic nitrogens is 1. The van der Waals surface area contributed by atoms with Crippen LogP contribution >= 0.6 is 0 Å². The van der Waals surface area contributed by atoms with Crippen molar-refractivity contribution in [2.24, 2.45) is 0 Å². The lowest BCUT2D eigenvalue weighted by Gasteiger charge is -2.10. The molecule has 0 radical (unpaired) electrons. The van der Waals surface area contributed by atoms with Gasteiger partial charge in [-0.2, -0.15) is 0 Å². The number of fused-ring (bicyclic) bond motifs is 1. The van der Waals surface area contributed by atoms with Crippen molar-refractivity contribution >= 4 is 16.6 Å². The van der Waals surface area contributed by atoms with E-state index in [-0.39, 0.29) is 0 Å². The molecule has 90 valence electrons. The van der Waals surface area contributed by atoms with E-state index in [1.54, 1.807) is 6.20 Å². The zero-order valence-electron chi connectivity index (χ0n) is 9.85. The molecule has 2 aromatic rings. The summed E-state index contributed by atoms with van der Waals surface area (Å²) < 4.78 is 10.9. The molecule has 4 nitrogen and oxygen atoms in total. The van der Waals surface area contributed by atoms with Crippen molar-refractivity contribution in [3.8, 4) is 5.75 Å². The Bertz CT molecular complexity index is 500. The fourth-order valence-electron chi connectivity index (χ4n) is 1.65. The summed E-state index contributed by atoms with van der Waals surface area (Å²) in [4.78, 5) is 4.25. The Morgan fingerprint density at radius 2 is 2.12 bits per heavy atom. The molecular weight excluding hydrogens is 216 g/mol. The SMILES string of the molecule is CCOCCOc1ccc(N)c2ncccc12. The molecule has 0 aliphatic carbocycles. The van der Waals surface area contributed by atoms with E-state index in [9.17, 15) is 0 Å². The van der Waals surface area contributed by atoms with Gasteiger partial charge in [0, 0.05) is 18.2 Å². The van der Waals surface area contributed by atoms with E-state index in [1.165, 1.54) is 0 Å². The Morgan fingerprint density at radius 1 is 1.24 bits per heavy atom. The minimum atomic E-state index is 0.530. The van der Waals surface area contributed by atoms with Crippen molar-refractivity contribution in [3.63, 3.8) is 0 Å². The van der Waals surface area contributed by atoms with Gasteiger partial charge in [0.1, 0.15) is 12.4 Å². The third-order valence-electron chi connectivity index (χ3n) is 2.45. The molecule has 0 atom stereocenters. The van der Waals surface area contributed by atoms with Crippen LogP contribution in [-0.4, -0.2) is 24.8 Å². The van der Waals surface area contributed by atoms with E-state index in [0.717, 1.165) is 16.7 Å². The standard InChI is InChI=1S/C13H16N2O2/c1-2-16-8-9-17-12-6-5-11(14)13-10(12)4-3-7-15-13/h3-7H,2,8-9,14H2,1H3. The van der Waals surface area contributed by atoms with Crippen LogP contribution in [0.1, 0.15) is 6.92 Å². The molecule has 1 aromatic carbocycles.